The molecule has 4 rings (SSSR count). The van der Waals surface area contributed by atoms with Crippen molar-refractivity contribution >= 4 is 54.3 Å². The summed E-state index contributed by atoms with van der Waals surface area (Å²) in [5.74, 6) is 3.99. The van der Waals surface area contributed by atoms with Gasteiger partial charge in [0.25, 0.3) is 0 Å². The van der Waals surface area contributed by atoms with E-state index in [4.69, 9.17) is 9.15 Å². The van der Waals surface area contributed by atoms with Crippen LogP contribution in [0.2, 0.25) is 0 Å². The Morgan fingerprint density at radius 2 is 1.94 bits per heavy atom. The van der Waals surface area contributed by atoms with Gasteiger partial charge in [0.05, 0.1) is 13.4 Å². The Balaban J connectivity index is 1.75. The molecular weight excluding hydrogens is 595 g/mol. The second-order valence-corrected chi connectivity index (χ2v) is 11.2. The fourth-order valence-corrected chi connectivity index (χ4v) is 5.57. The maximum atomic E-state index is 12.0. The number of hydrogen-bond acceptors (Lipinski definition) is 8. The van der Waals surface area contributed by atoms with Crippen molar-refractivity contribution in [2.75, 3.05) is 29.5 Å². The standard InChI is InChI=1S/C25H25IN4O3S2/c1-18-8-10-19(11-9-18)12-15-35-29(13-16-34-26)25-28-27-24(22-7-4-14-33-22)30(25)23-20(17-31)5-3-6-21(23)32-2/h3-11,14,17H,12-13,15-16H2,1-2H3. The number of carbonyl (C=O) groups is 1. The Kier molecular flexibility index (Phi) is 9.16. The molecule has 0 amide bonds. The third kappa shape index (κ3) is 6.04. The molecule has 0 spiro atoms. The zero-order valence-electron chi connectivity index (χ0n) is 19.4. The number of aryl methyl sites for hydroxylation is 2. The molecule has 35 heavy (non-hydrogen) atoms. The number of furan rings is 1. The highest BCUT2D eigenvalue weighted by Gasteiger charge is 2.26. The quantitative estimate of drug-likeness (QED) is 0.102. The molecule has 7 nitrogen and oxygen atoms in total. The van der Waals surface area contributed by atoms with Gasteiger partial charge in [-0.15, -0.1) is 10.2 Å². The molecule has 0 aliphatic rings. The first-order valence-electron chi connectivity index (χ1n) is 11.0. The summed E-state index contributed by atoms with van der Waals surface area (Å²) in [6.07, 6.45) is 3.34. The van der Waals surface area contributed by atoms with E-state index in [1.165, 1.54) is 11.1 Å². The van der Waals surface area contributed by atoms with E-state index in [1.54, 1.807) is 52.5 Å². The van der Waals surface area contributed by atoms with Crippen molar-refractivity contribution in [3.63, 3.8) is 0 Å². The number of nitrogens with zero attached hydrogens (tertiary/aromatic N) is 4. The van der Waals surface area contributed by atoms with Crippen molar-refractivity contribution in [1.29, 1.82) is 0 Å². The minimum Gasteiger partial charge on any atom is -0.495 e. The predicted octanol–water partition coefficient (Wildman–Crippen LogP) is 6.44. The number of para-hydroxylation sites is 1. The number of halogens is 1. The van der Waals surface area contributed by atoms with Crippen LogP contribution in [0.5, 0.6) is 5.75 Å². The third-order valence-corrected chi connectivity index (χ3v) is 8.04. The summed E-state index contributed by atoms with van der Waals surface area (Å²) < 4.78 is 15.3. The van der Waals surface area contributed by atoms with Crippen molar-refractivity contribution in [3.8, 4) is 23.0 Å². The normalized spacial score (nSPS) is 10.9. The van der Waals surface area contributed by atoms with Crippen LogP contribution in [0.3, 0.4) is 0 Å². The molecule has 2 heterocycles. The van der Waals surface area contributed by atoms with E-state index in [0.29, 0.717) is 34.5 Å². The minimum atomic E-state index is 0.478. The highest BCUT2D eigenvalue weighted by molar-refractivity contribution is 14.2. The number of aromatic nitrogens is 3. The van der Waals surface area contributed by atoms with Gasteiger partial charge in [-0.25, -0.2) is 0 Å². The van der Waals surface area contributed by atoms with E-state index in [1.807, 2.05) is 16.7 Å². The van der Waals surface area contributed by atoms with Crippen LogP contribution < -0.4 is 9.04 Å². The SMILES string of the molecule is COc1cccc(C=O)c1-n1c(-c2ccco2)nnc1N(CCSI)SCCc1ccc(C)cc1. The number of benzene rings is 2. The van der Waals surface area contributed by atoms with E-state index in [0.717, 1.165) is 30.8 Å². The number of aldehydes is 1. The van der Waals surface area contributed by atoms with Gasteiger partial charge in [-0.3, -0.25) is 13.7 Å². The van der Waals surface area contributed by atoms with Crippen LogP contribution in [0.15, 0.2) is 65.3 Å². The predicted molar refractivity (Wildman–Crippen MR) is 152 cm³/mol. The minimum absolute atomic E-state index is 0.478. The van der Waals surface area contributed by atoms with Gasteiger partial charge in [-0.1, -0.05) is 44.8 Å². The summed E-state index contributed by atoms with van der Waals surface area (Å²) in [5, 5.41) is 9.04. The molecule has 0 aliphatic heterocycles. The van der Waals surface area contributed by atoms with E-state index in [-0.39, 0.29) is 0 Å². The maximum absolute atomic E-state index is 12.0. The Hall–Kier alpha value is -2.44. The van der Waals surface area contributed by atoms with Gasteiger partial charge < -0.3 is 9.15 Å². The second kappa shape index (κ2) is 12.5. The van der Waals surface area contributed by atoms with Crippen LogP contribution >= 0.6 is 42.1 Å². The molecule has 0 unspecified atom stereocenters. The Labute approximate surface area is 225 Å². The number of ether oxygens (including phenoxy) is 1. The third-order valence-electron chi connectivity index (χ3n) is 5.34. The summed E-state index contributed by atoms with van der Waals surface area (Å²) >= 11 is 4.00. The highest BCUT2D eigenvalue weighted by Crippen LogP contribution is 2.36. The first-order chi connectivity index (χ1) is 17.2. The van der Waals surface area contributed by atoms with Crippen LogP contribution in [0, 0.1) is 6.92 Å². The Morgan fingerprint density at radius 3 is 2.63 bits per heavy atom. The summed E-state index contributed by atoms with van der Waals surface area (Å²) in [6, 6.07) is 17.6. The molecule has 2 aromatic heterocycles. The van der Waals surface area contributed by atoms with Crippen molar-refractivity contribution in [3.05, 3.63) is 77.6 Å². The smallest absolute Gasteiger partial charge is 0.242 e. The van der Waals surface area contributed by atoms with Gasteiger partial charge in [0.2, 0.25) is 11.8 Å². The van der Waals surface area contributed by atoms with E-state index >= 15 is 0 Å². The molecule has 0 N–H and O–H groups in total. The van der Waals surface area contributed by atoms with E-state index in [9.17, 15) is 4.79 Å². The van der Waals surface area contributed by atoms with E-state index < -0.39 is 0 Å². The molecule has 2 aromatic carbocycles. The summed E-state index contributed by atoms with van der Waals surface area (Å²) in [5.41, 5.74) is 3.61. The molecule has 0 radical (unpaired) electrons. The number of rotatable bonds is 12. The average molecular weight is 621 g/mol. The summed E-state index contributed by atoms with van der Waals surface area (Å²) in [7, 11) is 3.32. The first kappa shape index (κ1) is 25.6. The molecule has 0 atom stereocenters. The van der Waals surface area contributed by atoms with Crippen LogP contribution in [-0.4, -0.2) is 46.2 Å². The topological polar surface area (TPSA) is 73.4 Å². The van der Waals surface area contributed by atoms with Crippen LogP contribution in [-0.2, 0) is 6.42 Å². The number of anilines is 1. The maximum Gasteiger partial charge on any atom is 0.242 e. The van der Waals surface area contributed by atoms with Gasteiger partial charge >= 0.3 is 0 Å². The lowest BCUT2D eigenvalue weighted by molar-refractivity contribution is 0.112. The van der Waals surface area contributed by atoms with Crippen LogP contribution in [0.25, 0.3) is 17.3 Å². The lowest BCUT2D eigenvalue weighted by Gasteiger charge is -2.24. The Morgan fingerprint density at radius 1 is 1.11 bits per heavy atom. The lowest BCUT2D eigenvalue weighted by atomic mass is 10.1. The van der Waals surface area contributed by atoms with Gasteiger partial charge in [0, 0.05) is 23.6 Å². The zero-order valence-corrected chi connectivity index (χ0v) is 23.2. The highest BCUT2D eigenvalue weighted by atomic mass is 127. The number of hydrogen-bond donors (Lipinski definition) is 0. The van der Waals surface area contributed by atoms with Gasteiger partial charge in [-0.05, 0) is 76.3 Å². The first-order valence-corrected chi connectivity index (χ1v) is 15.4. The van der Waals surface area contributed by atoms with Crippen molar-refractivity contribution in [2.45, 2.75) is 13.3 Å². The van der Waals surface area contributed by atoms with Crippen molar-refractivity contribution in [2.24, 2.45) is 0 Å². The van der Waals surface area contributed by atoms with Gasteiger partial charge in [0.15, 0.2) is 12.0 Å². The molecule has 0 bridgehead atoms. The lowest BCUT2D eigenvalue weighted by Crippen LogP contribution is -2.23. The molecular formula is C25H25IN4O3S2. The molecule has 182 valence electrons. The van der Waals surface area contributed by atoms with E-state index in [2.05, 4.69) is 66.9 Å². The second-order valence-electron chi connectivity index (χ2n) is 7.64. The van der Waals surface area contributed by atoms with Crippen molar-refractivity contribution < 1.29 is 13.9 Å². The van der Waals surface area contributed by atoms with Gasteiger partial charge in [0.1, 0.15) is 11.4 Å². The zero-order chi connectivity index (χ0) is 24.6. The number of carbonyl (C=O) groups excluding carboxylic acids is 1. The molecule has 0 aliphatic carbocycles. The molecule has 0 saturated heterocycles. The molecule has 0 fully saturated rings. The molecule has 10 heteroatoms. The van der Waals surface area contributed by atoms with Gasteiger partial charge in [-0.2, -0.15) is 0 Å². The molecule has 4 aromatic rings. The van der Waals surface area contributed by atoms with Crippen LogP contribution in [0.4, 0.5) is 5.95 Å². The fraction of sp³-hybridized carbons (Fsp3) is 0.240. The fourth-order valence-electron chi connectivity index (χ4n) is 3.62. The monoisotopic (exact) mass is 620 g/mol. The molecule has 0 saturated carbocycles. The average Bonchev–Trinajstić information content (AvgIpc) is 3.56. The Bertz CT molecular complexity index is 1250. The largest absolute Gasteiger partial charge is 0.495 e. The van der Waals surface area contributed by atoms with Crippen molar-refractivity contribution in [1.82, 2.24) is 14.8 Å². The van der Waals surface area contributed by atoms with Crippen LogP contribution in [0.1, 0.15) is 21.5 Å². The summed E-state index contributed by atoms with van der Waals surface area (Å²) in [6.45, 7) is 2.84. The number of methoxy groups -OCH3 is 1. The summed E-state index contributed by atoms with van der Waals surface area (Å²) in [4.78, 5) is 12.0.